The first-order valence-corrected chi connectivity index (χ1v) is 16.2. The minimum absolute atomic E-state index is 0.0439. The average molecular weight is 593 g/mol. The first-order chi connectivity index (χ1) is 20.2. The molecule has 1 aromatic heterocycles. The predicted molar refractivity (Wildman–Crippen MR) is 159 cm³/mol. The fraction of sp³-hybridized carbons (Fsp3) is 0.500. The molecule has 0 spiro atoms. The average Bonchev–Trinajstić information content (AvgIpc) is 3.30. The molecule has 2 heterocycles. The van der Waals surface area contributed by atoms with Gasteiger partial charge in [-0.25, -0.2) is 13.8 Å². The summed E-state index contributed by atoms with van der Waals surface area (Å²) in [4.78, 5) is 34.3. The molecule has 6 rings (SSSR count). The second kappa shape index (κ2) is 12.3. The monoisotopic (exact) mass is 592 g/mol. The van der Waals surface area contributed by atoms with Crippen LogP contribution < -0.4 is 0 Å². The fourth-order valence-corrected chi connectivity index (χ4v) is 7.87. The number of amides is 1. The molecule has 3 aromatic rings. The summed E-state index contributed by atoms with van der Waals surface area (Å²) in [5.74, 6) is -1.65. The number of rotatable bonds is 10. The van der Waals surface area contributed by atoms with Gasteiger partial charge in [0.2, 0.25) is 0 Å². The van der Waals surface area contributed by atoms with E-state index in [4.69, 9.17) is 0 Å². The number of halogens is 2. The van der Waals surface area contributed by atoms with Crippen LogP contribution in [0, 0.1) is 30.4 Å². The molecule has 3 atom stereocenters. The van der Waals surface area contributed by atoms with Crippen LogP contribution in [0.1, 0.15) is 112 Å². The molecule has 42 heavy (non-hydrogen) atoms. The number of hydrogen-bond donors (Lipinski definition) is 1. The van der Waals surface area contributed by atoms with Crippen LogP contribution in [0.5, 0.6) is 0 Å². The maximum Gasteiger partial charge on any atom is 0.254 e. The lowest BCUT2D eigenvalue weighted by atomic mass is 9.81. The van der Waals surface area contributed by atoms with Crippen molar-refractivity contribution in [3.05, 3.63) is 86.4 Å². The van der Waals surface area contributed by atoms with Crippen LogP contribution in [0.3, 0.4) is 0 Å². The van der Waals surface area contributed by atoms with E-state index in [9.17, 15) is 23.5 Å². The zero-order chi connectivity index (χ0) is 29.4. The zero-order valence-electron chi connectivity index (χ0n) is 24.0. The third kappa shape index (κ3) is 6.50. The first-order valence-electron chi connectivity index (χ1n) is 15.3. The molecule has 8 heteroatoms. The molecule has 222 valence electrons. The number of hydrogen-bond acceptors (Lipinski definition) is 5. The van der Waals surface area contributed by atoms with Crippen molar-refractivity contribution in [2.24, 2.45) is 11.8 Å². The van der Waals surface area contributed by atoms with E-state index in [-0.39, 0.29) is 36.5 Å². The molecule has 0 radical (unpaired) electrons. The van der Waals surface area contributed by atoms with Crippen LogP contribution in [0.2, 0.25) is 0 Å². The molecular formula is C34H38F2N2O3S. The molecule has 1 saturated heterocycles. The molecule has 3 aliphatic rings. The topological polar surface area (TPSA) is 70.5 Å². The summed E-state index contributed by atoms with van der Waals surface area (Å²) >= 11 is 1.58. The van der Waals surface area contributed by atoms with E-state index in [1.807, 2.05) is 29.3 Å². The number of benzene rings is 2. The number of Topliss-reactive ketones (excluding diaryl/α,β-unsaturated/α-hetero) is 1. The molecule has 1 N–H and O–H groups in total. The van der Waals surface area contributed by atoms with Crippen molar-refractivity contribution < 1.29 is 23.5 Å². The molecule has 2 aliphatic carbocycles. The Morgan fingerprint density at radius 3 is 2.36 bits per heavy atom. The van der Waals surface area contributed by atoms with Crippen LogP contribution in [-0.2, 0) is 6.42 Å². The van der Waals surface area contributed by atoms with Crippen LogP contribution in [-0.4, -0.2) is 39.3 Å². The van der Waals surface area contributed by atoms with Gasteiger partial charge in [-0.05, 0) is 111 Å². The van der Waals surface area contributed by atoms with Crippen molar-refractivity contribution in [3.8, 4) is 0 Å². The summed E-state index contributed by atoms with van der Waals surface area (Å²) in [6, 6.07) is 8.89. The van der Waals surface area contributed by atoms with E-state index < -0.39 is 23.7 Å². The summed E-state index contributed by atoms with van der Waals surface area (Å²) in [6.45, 7) is 2.61. The molecule has 3 fully saturated rings. The van der Waals surface area contributed by atoms with Crippen molar-refractivity contribution >= 4 is 23.0 Å². The van der Waals surface area contributed by atoms with Crippen LogP contribution in [0.15, 0.2) is 41.8 Å². The molecule has 0 unspecified atom stereocenters. The minimum atomic E-state index is -0.748. The van der Waals surface area contributed by atoms with E-state index in [0.717, 1.165) is 73.7 Å². The normalized spacial score (nSPS) is 20.7. The Labute approximate surface area is 250 Å². The largest absolute Gasteiger partial charge is 0.393 e. The number of ketones is 1. The van der Waals surface area contributed by atoms with Crippen molar-refractivity contribution in [3.63, 3.8) is 0 Å². The van der Waals surface area contributed by atoms with Gasteiger partial charge in [-0.1, -0.05) is 12.8 Å². The van der Waals surface area contributed by atoms with Gasteiger partial charge in [-0.2, -0.15) is 0 Å². The van der Waals surface area contributed by atoms with Crippen molar-refractivity contribution in [2.45, 2.75) is 89.2 Å². The number of aryl methyl sites for hydroxylation is 1. The van der Waals surface area contributed by atoms with Gasteiger partial charge >= 0.3 is 0 Å². The van der Waals surface area contributed by atoms with E-state index in [1.165, 1.54) is 12.1 Å². The van der Waals surface area contributed by atoms with Gasteiger partial charge in [-0.3, -0.25) is 9.59 Å². The Morgan fingerprint density at radius 2 is 1.69 bits per heavy atom. The second-order valence-electron chi connectivity index (χ2n) is 12.5. The third-order valence-corrected chi connectivity index (χ3v) is 10.3. The highest BCUT2D eigenvalue weighted by molar-refractivity contribution is 7.09. The summed E-state index contributed by atoms with van der Waals surface area (Å²) in [5, 5.41) is 14.3. The minimum Gasteiger partial charge on any atom is -0.393 e. The number of carbonyl (C=O) groups excluding carboxylic acids is 2. The first kappa shape index (κ1) is 29.1. The Bertz CT molecular complexity index is 1440. The highest BCUT2D eigenvalue weighted by atomic mass is 32.1. The molecule has 0 bridgehead atoms. The van der Waals surface area contributed by atoms with Crippen LogP contribution >= 0.6 is 11.3 Å². The van der Waals surface area contributed by atoms with Crippen molar-refractivity contribution in [2.75, 3.05) is 6.54 Å². The molecule has 1 aliphatic heterocycles. The van der Waals surface area contributed by atoms with E-state index in [2.05, 4.69) is 4.98 Å². The molecule has 2 saturated carbocycles. The number of nitrogens with zero attached hydrogens (tertiary/aromatic N) is 2. The van der Waals surface area contributed by atoms with Gasteiger partial charge in [0.15, 0.2) is 5.78 Å². The second-order valence-corrected chi connectivity index (χ2v) is 13.4. The Morgan fingerprint density at radius 1 is 0.976 bits per heavy atom. The lowest BCUT2D eigenvalue weighted by molar-refractivity contribution is 0.0456. The lowest BCUT2D eigenvalue weighted by Gasteiger charge is -2.28. The molecular weight excluding hydrogens is 554 g/mol. The lowest BCUT2D eigenvalue weighted by Crippen LogP contribution is -2.32. The van der Waals surface area contributed by atoms with Gasteiger partial charge in [0.1, 0.15) is 16.6 Å². The van der Waals surface area contributed by atoms with E-state index in [1.54, 1.807) is 17.4 Å². The summed E-state index contributed by atoms with van der Waals surface area (Å²) in [5.41, 5.74) is 3.38. The van der Waals surface area contributed by atoms with Crippen molar-refractivity contribution in [1.82, 2.24) is 9.88 Å². The summed E-state index contributed by atoms with van der Waals surface area (Å²) in [6.07, 6.45) is 7.17. The highest BCUT2D eigenvalue weighted by Crippen LogP contribution is 2.42. The SMILES string of the molecule is Cc1csc([C@H]2CCCN2C(=O)c2cc(C(=O)C[C@@H](Cc3cc(F)cc(F)c3)[C@H](O)C3CCCC3)cc(C3CC3)c2)n1. The van der Waals surface area contributed by atoms with Gasteiger partial charge in [0, 0.05) is 41.2 Å². The maximum atomic E-state index is 14.0. The third-order valence-electron chi connectivity index (χ3n) is 9.24. The van der Waals surface area contributed by atoms with Crippen LogP contribution in [0.4, 0.5) is 8.78 Å². The van der Waals surface area contributed by atoms with Gasteiger partial charge in [0.25, 0.3) is 5.91 Å². The Kier molecular flexibility index (Phi) is 8.55. The standard InChI is InChI=1S/C34H38F2N2O3S/c1-20-19-42-33(37-20)30-7-4-10-38(30)34(41)27-15-24(22-8-9-22)14-25(16-27)31(39)17-26(32(40)23-5-2-3-6-23)11-21-12-28(35)18-29(36)13-21/h12-16,18-19,22-23,26,30,32,40H,2-11,17H2,1H3/t26-,30-,32-/m1/s1. The quantitative estimate of drug-likeness (QED) is 0.247. The molecule has 2 aromatic carbocycles. The fourth-order valence-electron chi connectivity index (χ4n) is 6.93. The number of aliphatic hydroxyl groups excluding tert-OH is 1. The van der Waals surface area contributed by atoms with Gasteiger partial charge < -0.3 is 10.0 Å². The zero-order valence-corrected chi connectivity index (χ0v) is 24.8. The Hall–Kier alpha value is -2.97. The smallest absolute Gasteiger partial charge is 0.254 e. The number of aliphatic hydroxyl groups is 1. The predicted octanol–water partition coefficient (Wildman–Crippen LogP) is 7.57. The van der Waals surface area contributed by atoms with Gasteiger partial charge in [0.05, 0.1) is 12.1 Å². The van der Waals surface area contributed by atoms with E-state index in [0.29, 0.717) is 29.2 Å². The number of carbonyl (C=O) groups is 2. The summed E-state index contributed by atoms with van der Waals surface area (Å²) < 4.78 is 28.0. The highest BCUT2D eigenvalue weighted by Gasteiger charge is 2.35. The summed E-state index contributed by atoms with van der Waals surface area (Å²) in [7, 11) is 0. The number of likely N-dealkylation sites (tertiary alicyclic amines) is 1. The molecule has 5 nitrogen and oxygen atoms in total. The Balaban J connectivity index is 1.27. The van der Waals surface area contributed by atoms with Crippen molar-refractivity contribution in [1.29, 1.82) is 0 Å². The van der Waals surface area contributed by atoms with Crippen LogP contribution in [0.25, 0.3) is 0 Å². The number of thiazole rings is 1. The van der Waals surface area contributed by atoms with E-state index >= 15 is 0 Å². The maximum absolute atomic E-state index is 14.0. The van der Waals surface area contributed by atoms with Gasteiger partial charge in [-0.15, -0.1) is 11.3 Å². The number of aromatic nitrogens is 1. The molecule has 1 amide bonds.